The Morgan fingerprint density at radius 3 is 2.96 bits per heavy atom. The third-order valence-corrected chi connectivity index (χ3v) is 5.63. The molecule has 0 amide bonds. The van der Waals surface area contributed by atoms with Gasteiger partial charge in [-0.2, -0.15) is 4.98 Å². The third-order valence-electron chi connectivity index (χ3n) is 3.47. The van der Waals surface area contributed by atoms with Crippen molar-refractivity contribution in [2.24, 2.45) is 0 Å². The molecule has 2 aliphatic rings. The van der Waals surface area contributed by atoms with Gasteiger partial charge in [0.2, 0.25) is 0 Å². The van der Waals surface area contributed by atoms with Crippen LogP contribution in [0.5, 0.6) is 0 Å². The van der Waals surface area contributed by atoms with Crippen molar-refractivity contribution in [2.75, 3.05) is 12.3 Å². The second-order valence-corrected chi connectivity index (χ2v) is 7.66. The Morgan fingerprint density at radius 1 is 1.62 bits per heavy atom. The quantitative estimate of drug-likeness (QED) is 0.618. The van der Waals surface area contributed by atoms with Crippen LogP contribution in [0.25, 0.3) is 0 Å². The fourth-order valence-corrected chi connectivity index (χ4v) is 4.45. The summed E-state index contributed by atoms with van der Waals surface area (Å²) < 4.78 is 49.0. The highest BCUT2D eigenvalue weighted by Gasteiger charge is 2.65. The SMILES string of the molecule is CC(C)OP1(=O)OCC2OC(n3ccc(N)nc3=O)C(Cl)C2(F)O1. The summed E-state index contributed by atoms with van der Waals surface area (Å²) in [5.41, 5.74) is 4.65. The summed E-state index contributed by atoms with van der Waals surface area (Å²) in [6.45, 7) is 2.78. The van der Waals surface area contributed by atoms with E-state index in [2.05, 4.69) is 4.98 Å². The van der Waals surface area contributed by atoms with Crippen molar-refractivity contribution in [3.63, 3.8) is 0 Å². The van der Waals surface area contributed by atoms with Crippen molar-refractivity contribution >= 4 is 25.2 Å². The number of nitrogen functional groups attached to an aromatic ring is 1. The molecule has 24 heavy (non-hydrogen) atoms. The highest BCUT2D eigenvalue weighted by atomic mass is 35.5. The Morgan fingerprint density at radius 2 is 2.33 bits per heavy atom. The molecule has 0 spiro atoms. The van der Waals surface area contributed by atoms with E-state index in [4.69, 9.17) is 35.6 Å². The van der Waals surface area contributed by atoms with Crippen LogP contribution in [0.15, 0.2) is 17.1 Å². The first-order valence-electron chi connectivity index (χ1n) is 7.11. The van der Waals surface area contributed by atoms with Gasteiger partial charge in [0.15, 0.2) is 6.23 Å². The average Bonchev–Trinajstić information content (AvgIpc) is 2.69. The molecule has 5 unspecified atom stereocenters. The van der Waals surface area contributed by atoms with Crippen LogP contribution in [0.4, 0.5) is 10.2 Å². The number of anilines is 1. The van der Waals surface area contributed by atoms with Crippen LogP contribution < -0.4 is 11.4 Å². The number of rotatable bonds is 3. The number of nitrogens with two attached hydrogens (primary N) is 1. The Balaban J connectivity index is 1.90. The minimum atomic E-state index is -4.14. The van der Waals surface area contributed by atoms with Gasteiger partial charge in [0.25, 0.3) is 5.85 Å². The Labute approximate surface area is 141 Å². The number of alkyl halides is 2. The minimum absolute atomic E-state index is 0.00200. The molecule has 9 nitrogen and oxygen atoms in total. The largest absolute Gasteiger partial charge is 0.478 e. The molecule has 0 bridgehead atoms. The molecule has 0 aromatic carbocycles. The van der Waals surface area contributed by atoms with Gasteiger partial charge in [-0.05, 0) is 19.9 Å². The maximum Gasteiger partial charge on any atom is 0.478 e. The van der Waals surface area contributed by atoms with Crippen molar-refractivity contribution in [1.82, 2.24) is 9.55 Å². The van der Waals surface area contributed by atoms with Gasteiger partial charge in [-0.25, -0.2) is 18.3 Å². The molecule has 0 aliphatic carbocycles. The molecule has 1 aromatic rings. The zero-order valence-corrected chi connectivity index (χ0v) is 14.4. The van der Waals surface area contributed by atoms with E-state index in [9.17, 15) is 9.36 Å². The van der Waals surface area contributed by atoms with E-state index in [0.29, 0.717) is 0 Å². The first kappa shape index (κ1) is 17.8. The zero-order chi connectivity index (χ0) is 17.7. The average molecular weight is 384 g/mol. The lowest BCUT2D eigenvalue weighted by Crippen LogP contribution is -2.48. The molecule has 2 N–H and O–H groups in total. The third kappa shape index (κ3) is 2.98. The molecule has 3 rings (SSSR count). The molecule has 134 valence electrons. The van der Waals surface area contributed by atoms with Crippen LogP contribution in [-0.4, -0.2) is 39.6 Å². The molecule has 5 atom stereocenters. The number of ether oxygens (including phenoxy) is 1. The van der Waals surface area contributed by atoms with Gasteiger partial charge in [-0.15, -0.1) is 11.6 Å². The smallest absolute Gasteiger partial charge is 0.383 e. The Hall–Kier alpha value is -1.03. The summed E-state index contributed by atoms with van der Waals surface area (Å²) in [5, 5.41) is -1.49. The first-order valence-corrected chi connectivity index (χ1v) is 9.01. The molecule has 1 aromatic heterocycles. The lowest BCUT2D eigenvalue weighted by Gasteiger charge is -2.35. The fraction of sp³-hybridized carbons (Fsp3) is 0.667. The van der Waals surface area contributed by atoms with E-state index in [-0.39, 0.29) is 5.82 Å². The van der Waals surface area contributed by atoms with Crippen molar-refractivity contribution in [2.45, 2.75) is 43.5 Å². The molecule has 3 heterocycles. The maximum absolute atomic E-state index is 15.3. The van der Waals surface area contributed by atoms with E-state index in [0.717, 1.165) is 4.57 Å². The number of nitrogens with zero attached hydrogens (tertiary/aromatic N) is 2. The van der Waals surface area contributed by atoms with Gasteiger partial charge in [0.1, 0.15) is 17.3 Å². The molecule has 2 aliphatic heterocycles. The van der Waals surface area contributed by atoms with Crippen molar-refractivity contribution in [1.29, 1.82) is 0 Å². The molecular weight excluding hydrogens is 368 g/mol. The van der Waals surface area contributed by atoms with Crippen molar-refractivity contribution in [3.8, 4) is 0 Å². The molecule has 0 saturated carbocycles. The van der Waals surface area contributed by atoms with Gasteiger partial charge < -0.3 is 10.5 Å². The second kappa shape index (κ2) is 6.05. The van der Waals surface area contributed by atoms with Crippen molar-refractivity contribution < 1.29 is 27.3 Å². The van der Waals surface area contributed by atoms with Gasteiger partial charge in [0.05, 0.1) is 12.7 Å². The summed E-state index contributed by atoms with van der Waals surface area (Å²) in [5.74, 6) is -2.66. The number of phosphoric acid groups is 1. The zero-order valence-electron chi connectivity index (χ0n) is 12.8. The first-order chi connectivity index (χ1) is 11.1. The maximum atomic E-state index is 15.3. The van der Waals surface area contributed by atoms with Crippen LogP contribution >= 0.6 is 19.4 Å². The second-order valence-electron chi connectivity index (χ2n) is 5.65. The molecule has 0 radical (unpaired) electrons. The number of fused-ring (bicyclic) bond motifs is 1. The van der Waals surface area contributed by atoms with Gasteiger partial charge >= 0.3 is 13.5 Å². The molecule has 12 heteroatoms. The van der Waals surface area contributed by atoms with E-state index in [1.165, 1.54) is 12.3 Å². The van der Waals surface area contributed by atoms with E-state index >= 15 is 4.39 Å². The normalized spacial score (nSPS) is 39.1. The summed E-state index contributed by atoms with van der Waals surface area (Å²) in [4.78, 5) is 15.4. The lowest BCUT2D eigenvalue weighted by atomic mass is 10.1. The van der Waals surface area contributed by atoms with Crippen LogP contribution in [0.1, 0.15) is 20.1 Å². The molecule has 2 fully saturated rings. The molecular formula is C12H16ClFN3O6P. The van der Waals surface area contributed by atoms with Gasteiger partial charge in [-0.3, -0.25) is 13.6 Å². The summed E-state index contributed by atoms with van der Waals surface area (Å²) in [6, 6.07) is 1.34. The minimum Gasteiger partial charge on any atom is -0.383 e. The summed E-state index contributed by atoms with van der Waals surface area (Å²) >= 11 is 6.13. The Kier molecular flexibility index (Phi) is 4.48. The summed E-state index contributed by atoms with van der Waals surface area (Å²) in [6.07, 6.45) is -1.77. The van der Waals surface area contributed by atoms with Crippen molar-refractivity contribution in [3.05, 3.63) is 22.7 Å². The topological polar surface area (TPSA) is 115 Å². The number of hydrogen-bond acceptors (Lipinski definition) is 8. The van der Waals surface area contributed by atoms with E-state index in [1.54, 1.807) is 13.8 Å². The predicted octanol–water partition coefficient (Wildman–Crippen LogP) is 1.58. The number of phosphoric ester groups is 1. The monoisotopic (exact) mass is 383 g/mol. The van der Waals surface area contributed by atoms with E-state index in [1.807, 2.05) is 0 Å². The standard InChI is InChI=1S/C12H16ClFN3O6P/c1-6(2)22-24(19)20-5-7-12(14,23-24)9(13)10(21-7)17-4-3-8(15)16-11(17)18/h3-4,6-7,9-10H,5H2,1-2H3,(H2,15,16,18). The predicted molar refractivity (Wildman–Crippen MR) is 81.2 cm³/mol. The molecule has 2 saturated heterocycles. The van der Waals surface area contributed by atoms with Gasteiger partial charge in [-0.1, -0.05) is 0 Å². The van der Waals surface area contributed by atoms with E-state index < -0.39 is 49.8 Å². The number of aromatic nitrogens is 2. The van der Waals surface area contributed by atoms with Crippen LogP contribution in [0, 0.1) is 0 Å². The fourth-order valence-electron chi connectivity index (χ4n) is 2.46. The van der Waals surface area contributed by atoms with Crippen LogP contribution in [-0.2, 0) is 22.9 Å². The Bertz CT molecular complexity index is 748. The highest BCUT2D eigenvalue weighted by Crippen LogP contribution is 2.62. The highest BCUT2D eigenvalue weighted by molar-refractivity contribution is 7.48. The van der Waals surface area contributed by atoms with Crippen LogP contribution in [0.3, 0.4) is 0 Å². The van der Waals surface area contributed by atoms with Crippen LogP contribution in [0.2, 0.25) is 0 Å². The lowest BCUT2D eigenvalue weighted by molar-refractivity contribution is -0.173. The van der Waals surface area contributed by atoms with Gasteiger partial charge in [0, 0.05) is 6.20 Å². The number of halogens is 2. The number of hydrogen-bond donors (Lipinski definition) is 1. The summed E-state index contributed by atoms with van der Waals surface area (Å²) in [7, 11) is -4.14.